The topological polar surface area (TPSA) is 110 Å². The molecular weight excluding hydrogens is 416 g/mol. The summed E-state index contributed by atoms with van der Waals surface area (Å²) in [7, 11) is -3.79. The number of carbonyl (C=O) groups excluding carboxylic acids is 1. The van der Waals surface area contributed by atoms with Crippen LogP contribution in [-0.2, 0) is 34.2 Å². The second-order valence-corrected chi connectivity index (χ2v) is 9.35. The van der Waals surface area contributed by atoms with Crippen LogP contribution >= 0.6 is 0 Å². The number of sulfonamides is 1. The smallest absolute Gasteiger partial charge is 0.261 e. The average Bonchev–Trinajstić information content (AvgIpc) is 3.22. The van der Waals surface area contributed by atoms with Gasteiger partial charge in [-0.1, -0.05) is 25.5 Å². The fraction of sp³-hybridized carbons (Fsp3) is 0.318. The highest BCUT2D eigenvalue weighted by Gasteiger charge is 2.18. The number of anilines is 1. The van der Waals surface area contributed by atoms with Crippen LogP contribution in [0.3, 0.4) is 0 Å². The number of carbonyl (C=O) groups is 1. The molecule has 0 aliphatic carbocycles. The van der Waals surface area contributed by atoms with E-state index in [1.54, 1.807) is 34.9 Å². The maximum absolute atomic E-state index is 12.5. The highest BCUT2D eigenvalue weighted by Crippen LogP contribution is 2.18. The zero-order chi connectivity index (χ0) is 22.0. The van der Waals surface area contributed by atoms with Crippen LogP contribution in [-0.4, -0.2) is 30.4 Å². The summed E-state index contributed by atoms with van der Waals surface area (Å²) in [5.74, 6) is 0.238. The van der Waals surface area contributed by atoms with Crippen molar-refractivity contribution in [1.82, 2.24) is 14.3 Å². The van der Waals surface area contributed by atoms with Gasteiger partial charge in [0.05, 0.1) is 22.3 Å². The van der Waals surface area contributed by atoms with Gasteiger partial charge in [0.15, 0.2) is 0 Å². The number of aryl methyl sites for hydroxylation is 2. The second-order valence-electron chi connectivity index (χ2n) is 7.59. The Labute approximate surface area is 180 Å². The molecule has 4 rings (SSSR count). The molecule has 0 bridgehead atoms. The Kier molecular flexibility index (Phi) is 5.88. The molecular formula is C22H24N4O4S. The lowest BCUT2D eigenvalue weighted by molar-refractivity contribution is -0.115. The van der Waals surface area contributed by atoms with E-state index >= 15 is 0 Å². The molecule has 1 aromatic heterocycles. The van der Waals surface area contributed by atoms with E-state index in [1.807, 2.05) is 0 Å². The summed E-state index contributed by atoms with van der Waals surface area (Å²) in [4.78, 5) is 29.5. The van der Waals surface area contributed by atoms with E-state index < -0.39 is 22.5 Å². The minimum atomic E-state index is -3.79. The fourth-order valence-corrected chi connectivity index (χ4v) is 4.72. The molecule has 0 saturated carbocycles. The summed E-state index contributed by atoms with van der Waals surface area (Å²) in [6, 6.07) is 11.5. The summed E-state index contributed by atoms with van der Waals surface area (Å²) in [6.07, 6.45) is 3.50. The van der Waals surface area contributed by atoms with Crippen LogP contribution in [0.4, 0.5) is 5.69 Å². The number of hydrogen-bond donors (Lipinski definition) is 2. The molecule has 3 aromatic rings. The molecule has 9 heteroatoms. The van der Waals surface area contributed by atoms with Gasteiger partial charge in [0, 0.05) is 18.7 Å². The Morgan fingerprint density at radius 1 is 1.16 bits per heavy atom. The predicted octanol–water partition coefficient (Wildman–Crippen LogP) is 2.21. The summed E-state index contributed by atoms with van der Waals surface area (Å²) < 4.78 is 28.9. The SMILES string of the molecule is CCCc1ccc(S(=O)(=O)NCC(=O)Nc2ccc3c(=O)n4c(nc3c2)CCC4)cc1. The standard InChI is InChI=1S/C22H24N4O4S/c1-2-4-15-6-9-17(10-7-15)31(29,30)23-14-21(27)24-16-8-11-18-19(13-16)25-20-5-3-12-26(20)22(18)28/h6-11,13,23H,2-5,12,14H2,1H3,(H,24,27). The van der Waals surface area contributed by atoms with Crippen molar-refractivity contribution in [2.75, 3.05) is 11.9 Å². The van der Waals surface area contributed by atoms with E-state index in [2.05, 4.69) is 21.9 Å². The highest BCUT2D eigenvalue weighted by molar-refractivity contribution is 7.89. The minimum absolute atomic E-state index is 0.0758. The number of fused-ring (bicyclic) bond motifs is 2. The van der Waals surface area contributed by atoms with Crippen molar-refractivity contribution in [3.05, 3.63) is 64.2 Å². The van der Waals surface area contributed by atoms with Gasteiger partial charge in [-0.3, -0.25) is 14.2 Å². The maximum Gasteiger partial charge on any atom is 0.261 e. The van der Waals surface area contributed by atoms with Gasteiger partial charge in [-0.15, -0.1) is 0 Å². The van der Waals surface area contributed by atoms with Gasteiger partial charge >= 0.3 is 0 Å². The Hall–Kier alpha value is -3.04. The van der Waals surface area contributed by atoms with Gasteiger partial charge < -0.3 is 5.32 Å². The molecule has 0 spiro atoms. The van der Waals surface area contributed by atoms with E-state index in [4.69, 9.17) is 0 Å². The zero-order valence-electron chi connectivity index (χ0n) is 17.2. The predicted molar refractivity (Wildman–Crippen MR) is 119 cm³/mol. The third-order valence-corrected chi connectivity index (χ3v) is 6.71. The molecule has 0 radical (unpaired) electrons. The van der Waals surface area contributed by atoms with Crippen molar-refractivity contribution in [3.8, 4) is 0 Å². The van der Waals surface area contributed by atoms with E-state index in [0.717, 1.165) is 37.1 Å². The monoisotopic (exact) mass is 440 g/mol. The molecule has 0 saturated heterocycles. The Morgan fingerprint density at radius 3 is 2.68 bits per heavy atom. The van der Waals surface area contributed by atoms with Gasteiger partial charge in [-0.2, -0.15) is 0 Å². The van der Waals surface area contributed by atoms with Crippen LogP contribution in [0.5, 0.6) is 0 Å². The summed E-state index contributed by atoms with van der Waals surface area (Å²) in [5, 5.41) is 3.15. The van der Waals surface area contributed by atoms with Crippen LogP contribution in [0.15, 0.2) is 52.2 Å². The van der Waals surface area contributed by atoms with Gasteiger partial charge in [-0.25, -0.2) is 18.1 Å². The minimum Gasteiger partial charge on any atom is -0.325 e. The first-order valence-electron chi connectivity index (χ1n) is 10.3. The van der Waals surface area contributed by atoms with Gasteiger partial charge in [0.2, 0.25) is 15.9 Å². The highest BCUT2D eigenvalue weighted by atomic mass is 32.2. The molecule has 8 nitrogen and oxygen atoms in total. The van der Waals surface area contributed by atoms with Gasteiger partial charge in [0.1, 0.15) is 5.82 Å². The largest absolute Gasteiger partial charge is 0.325 e. The van der Waals surface area contributed by atoms with Crippen molar-refractivity contribution in [1.29, 1.82) is 0 Å². The number of rotatable bonds is 7. The number of benzene rings is 2. The molecule has 31 heavy (non-hydrogen) atoms. The molecule has 2 N–H and O–H groups in total. The van der Waals surface area contributed by atoms with E-state index in [0.29, 0.717) is 23.1 Å². The normalized spacial score (nSPS) is 13.3. The average molecular weight is 441 g/mol. The Balaban J connectivity index is 1.43. The van der Waals surface area contributed by atoms with Gasteiger partial charge in [-0.05, 0) is 48.7 Å². The third-order valence-electron chi connectivity index (χ3n) is 5.30. The van der Waals surface area contributed by atoms with Crippen molar-refractivity contribution in [2.24, 2.45) is 0 Å². The third kappa shape index (κ3) is 4.52. The Bertz CT molecular complexity index is 1300. The van der Waals surface area contributed by atoms with Crippen molar-refractivity contribution >= 4 is 32.5 Å². The van der Waals surface area contributed by atoms with Crippen LogP contribution in [0, 0.1) is 0 Å². The fourth-order valence-electron chi connectivity index (χ4n) is 3.73. The lowest BCUT2D eigenvalue weighted by atomic mass is 10.1. The first-order valence-corrected chi connectivity index (χ1v) is 11.8. The second kappa shape index (κ2) is 8.60. The molecule has 0 fully saturated rings. The number of hydrogen-bond acceptors (Lipinski definition) is 5. The van der Waals surface area contributed by atoms with E-state index in [9.17, 15) is 18.0 Å². The van der Waals surface area contributed by atoms with Crippen LogP contribution in [0.1, 0.15) is 31.2 Å². The van der Waals surface area contributed by atoms with Crippen LogP contribution in [0.2, 0.25) is 0 Å². The van der Waals surface area contributed by atoms with Gasteiger partial charge in [0.25, 0.3) is 5.56 Å². The number of nitrogens with one attached hydrogen (secondary N) is 2. The first-order chi connectivity index (χ1) is 14.9. The lowest BCUT2D eigenvalue weighted by Gasteiger charge is -2.10. The first kappa shape index (κ1) is 21.2. The molecule has 1 aliphatic rings. The van der Waals surface area contributed by atoms with Crippen molar-refractivity contribution < 1.29 is 13.2 Å². The summed E-state index contributed by atoms with van der Waals surface area (Å²) in [5.41, 5.74) is 1.96. The molecule has 2 aromatic carbocycles. The lowest BCUT2D eigenvalue weighted by Crippen LogP contribution is -2.32. The molecule has 2 heterocycles. The molecule has 1 amide bonds. The quantitative estimate of drug-likeness (QED) is 0.585. The van der Waals surface area contributed by atoms with Crippen LogP contribution < -0.4 is 15.6 Å². The Morgan fingerprint density at radius 2 is 1.94 bits per heavy atom. The maximum atomic E-state index is 12.5. The summed E-state index contributed by atoms with van der Waals surface area (Å²) >= 11 is 0. The molecule has 1 aliphatic heterocycles. The molecule has 0 atom stereocenters. The van der Waals surface area contributed by atoms with Crippen molar-refractivity contribution in [3.63, 3.8) is 0 Å². The van der Waals surface area contributed by atoms with E-state index in [-0.39, 0.29) is 10.5 Å². The van der Waals surface area contributed by atoms with Crippen molar-refractivity contribution in [2.45, 2.75) is 44.0 Å². The molecule has 162 valence electrons. The number of amides is 1. The number of nitrogens with zero attached hydrogens (tertiary/aromatic N) is 2. The zero-order valence-corrected chi connectivity index (χ0v) is 18.0. The van der Waals surface area contributed by atoms with Crippen LogP contribution in [0.25, 0.3) is 10.9 Å². The number of aromatic nitrogens is 2. The summed E-state index contributed by atoms with van der Waals surface area (Å²) in [6.45, 7) is 2.33. The van der Waals surface area contributed by atoms with E-state index in [1.165, 1.54) is 12.1 Å². The molecule has 0 unspecified atom stereocenters.